The average Bonchev–Trinajstić information content (AvgIpc) is 2.75. The molecule has 4 atom stereocenters. The normalized spacial score (nSPS) is 24.4. The molecule has 0 unspecified atom stereocenters. The second-order valence-corrected chi connectivity index (χ2v) is 11.6. The summed E-state index contributed by atoms with van der Waals surface area (Å²) in [6, 6.07) is -2.55. The van der Waals surface area contributed by atoms with Crippen molar-refractivity contribution in [3.8, 4) is 0 Å². The fraction of sp³-hybridized carbons (Fsp3) is 0.833. The van der Waals surface area contributed by atoms with Crippen LogP contribution in [0.4, 0.5) is 35.9 Å². The molecule has 2 aliphatic rings. The van der Waals surface area contributed by atoms with Gasteiger partial charge in [0.05, 0.1) is 11.8 Å². The number of likely N-dealkylation sites (tertiary alicyclic amines) is 2. The van der Waals surface area contributed by atoms with Crippen LogP contribution in [-0.2, 0) is 19.1 Å². The summed E-state index contributed by atoms with van der Waals surface area (Å²) in [5, 5.41) is 18.0. The van der Waals surface area contributed by atoms with Gasteiger partial charge >= 0.3 is 36.5 Å². The van der Waals surface area contributed by atoms with E-state index in [2.05, 4.69) is 0 Å². The van der Waals surface area contributed by atoms with E-state index in [1.807, 2.05) is 0 Å². The van der Waals surface area contributed by atoms with Crippen molar-refractivity contribution in [1.29, 1.82) is 0 Å². The third kappa shape index (κ3) is 10.9. The van der Waals surface area contributed by atoms with Gasteiger partial charge in [-0.2, -0.15) is 26.3 Å². The fourth-order valence-corrected chi connectivity index (χ4v) is 4.03. The summed E-state index contributed by atoms with van der Waals surface area (Å²) in [5.41, 5.74) is -1.80. The number of ether oxygens (including phenoxy) is 2. The number of hydrogen-bond donors (Lipinski definition) is 2. The van der Waals surface area contributed by atoms with Gasteiger partial charge in [-0.25, -0.2) is 19.2 Å². The van der Waals surface area contributed by atoms with Crippen LogP contribution < -0.4 is 0 Å². The van der Waals surface area contributed by atoms with Crippen molar-refractivity contribution in [1.82, 2.24) is 9.80 Å². The highest BCUT2D eigenvalue weighted by Crippen LogP contribution is 2.37. The van der Waals surface area contributed by atoms with Gasteiger partial charge < -0.3 is 19.7 Å². The lowest BCUT2D eigenvalue weighted by molar-refractivity contribution is -0.191. The van der Waals surface area contributed by atoms with E-state index in [9.17, 15) is 45.5 Å². The molecule has 0 spiro atoms. The van der Waals surface area contributed by atoms with Crippen LogP contribution in [0.25, 0.3) is 0 Å². The summed E-state index contributed by atoms with van der Waals surface area (Å²) in [4.78, 5) is 47.2. The number of rotatable bonds is 2. The summed E-state index contributed by atoms with van der Waals surface area (Å²) in [7, 11) is 0. The Morgan fingerprint density at radius 1 is 0.600 bits per heavy atom. The molecule has 0 aliphatic carbocycles. The van der Waals surface area contributed by atoms with Crippen molar-refractivity contribution in [3.63, 3.8) is 0 Å². The van der Waals surface area contributed by atoms with Crippen LogP contribution in [0.5, 0.6) is 0 Å². The zero-order chi connectivity index (χ0) is 31.4. The Morgan fingerprint density at radius 2 is 0.875 bits per heavy atom. The minimum absolute atomic E-state index is 0.237. The van der Waals surface area contributed by atoms with Gasteiger partial charge in [-0.3, -0.25) is 9.80 Å². The van der Waals surface area contributed by atoms with E-state index >= 15 is 0 Å². The minimum Gasteiger partial charge on any atom is -0.480 e. The number of carboxylic acids is 2. The zero-order valence-electron chi connectivity index (χ0n) is 23.1. The van der Waals surface area contributed by atoms with Crippen LogP contribution in [0.1, 0.15) is 67.2 Å². The minimum atomic E-state index is -4.45. The Kier molecular flexibility index (Phi) is 11.1. The van der Waals surface area contributed by atoms with E-state index in [0.29, 0.717) is 9.80 Å². The quantitative estimate of drug-likeness (QED) is 0.412. The lowest BCUT2D eigenvalue weighted by Crippen LogP contribution is -2.54. The Hall–Kier alpha value is -2.94. The number of carboxylic acid groups (broad SMARTS) is 2. The molecule has 0 aromatic carbocycles. The largest absolute Gasteiger partial charge is 0.480 e. The number of aliphatic carboxylic acids is 2. The van der Waals surface area contributed by atoms with Gasteiger partial charge in [0.1, 0.15) is 23.3 Å². The first kappa shape index (κ1) is 35.1. The number of hydrogen-bond acceptors (Lipinski definition) is 6. The van der Waals surface area contributed by atoms with Crippen molar-refractivity contribution in [2.45, 2.75) is 103 Å². The smallest absolute Gasteiger partial charge is 0.411 e. The van der Waals surface area contributed by atoms with E-state index in [1.165, 1.54) is 0 Å². The molecule has 2 fully saturated rings. The van der Waals surface area contributed by atoms with E-state index in [0.717, 1.165) is 0 Å². The molecule has 2 N–H and O–H groups in total. The number of nitrogens with zero attached hydrogens (tertiary/aromatic N) is 2. The van der Waals surface area contributed by atoms with Crippen LogP contribution >= 0.6 is 0 Å². The molecule has 2 amide bonds. The molecule has 0 radical (unpaired) electrons. The number of halogens is 6. The van der Waals surface area contributed by atoms with Crippen LogP contribution in [-0.4, -0.2) is 92.9 Å². The maximum Gasteiger partial charge on any atom is 0.411 e. The maximum absolute atomic E-state index is 12.7. The van der Waals surface area contributed by atoms with E-state index < -0.39 is 84.7 Å². The van der Waals surface area contributed by atoms with Gasteiger partial charge in [-0.15, -0.1) is 0 Å². The van der Waals surface area contributed by atoms with E-state index in [-0.39, 0.29) is 25.7 Å². The molecule has 10 nitrogen and oxygen atoms in total. The van der Waals surface area contributed by atoms with E-state index in [4.69, 9.17) is 19.7 Å². The summed E-state index contributed by atoms with van der Waals surface area (Å²) < 4.78 is 86.3. The highest BCUT2D eigenvalue weighted by molar-refractivity contribution is 5.81. The molecule has 2 heterocycles. The molecule has 16 heteroatoms. The molecular formula is C24H36F6N2O8. The number of piperidine rings is 2. The number of alkyl halides is 6. The van der Waals surface area contributed by atoms with Gasteiger partial charge in [-0.05, 0) is 67.2 Å². The van der Waals surface area contributed by atoms with Gasteiger partial charge in [0.15, 0.2) is 0 Å². The first-order chi connectivity index (χ1) is 17.8. The number of carbonyl (C=O) groups is 4. The molecule has 2 saturated heterocycles. The van der Waals surface area contributed by atoms with Gasteiger partial charge in [-0.1, -0.05) is 0 Å². The number of carbonyl (C=O) groups excluding carboxylic acids is 2. The predicted molar refractivity (Wildman–Crippen MR) is 126 cm³/mol. The third-order valence-corrected chi connectivity index (χ3v) is 5.92. The Bertz CT molecular complexity index is 852. The molecule has 232 valence electrons. The van der Waals surface area contributed by atoms with Crippen molar-refractivity contribution in [3.05, 3.63) is 0 Å². The SMILES string of the molecule is CC(C)(C)OC(=O)N1C[C@@H](C(F)(F)F)CC[C@@H]1C(=O)O.CC(C)(C)OC(=O)N1C[C@H](C(F)(F)F)CC[C@H]1C(=O)O. The third-order valence-electron chi connectivity index (χ3n) is 5.92. The monoisotopic (exact) mass is 594 g/mol. The second-order valence-electron chi connectivity index (χ2n) is 11.6. The molecule has 2 aliphatic heterocycles. The second kappa shape index (κ2) is 12.7. The standard InChI is InChI=1S/2C12H18F3NO4/c2*1-11(2,3)20-10(19)16-6-7(12(13,14)15)4-5-8(16)9(17)18/h2*7-8H,4-6H2,1-3H3,(H,17,18)/t2*7-,8+/m10/s1. The highest BCUT2D eigenvalue weighted by atomic mass is 19.4. The van der Waals surface area contributed by atoms with Gasteiger partial charge in [0.25, 0.3) is 0 Å². The highest BCUT2D eigenvalue weighted by Gasteiger charge is 2.49. The van der Waals surface area contributed by atoms with Crippen molar-refractivity contribution < 1.29 is 65.2 Å². The maximum atomic E-state index is 12.7. The van der Waals surface area contributed by atoms with Crippen LogP contribution in [0, 0.1) is 11.8 Å². The van der Waals surface area contributed by atoms with Crippen molar-refractivity contribution >= 4 is 24.1 Å². The molecule has 0 aromatic rings. The van der Waals surface area contributed by atoms with Crippen molar-refractivity contribution in [2.24, 2.45) is 11.8 Å². The fourth-order valence-electron chi connectivity index (χ4n) is 4.03. The molecule has 0 saturated carbocycles. The first-order valence-corrected chi connectivity index (χ1v) is 12.4. The van der Waals surface area contributed by atoms with Crippen molar-refractivity contribution in [2.75, 3.05) is 13.1 Å². The van der Waals surface area contributed by atoms with Crippen LogP contribution in [0.15, 0.2) is 0 Å². The summed E-state index contributed by atoms with van der Waals surface area (Å²) >= 11 is 0. The molecule has 40 heavy (non-hydrogen) atoms. The number of amides is 2. The first-order valence-electron chi connectivity index (χ1n) is 12.4. The van der Waals surface area contributed by atoms with Crippen LogP contribution in [0.2, 0.25) is 0 Å². The topological polar surface area (TPSA) is 134 Å². The molecule has 0 aromatic heterocycles. The van der Waals surface area contributed by atoms with Crippen LogP contribution in [0.3, 0.4) is 0 Å². The lowest BCUT2D eigenvalue weighted by atomic mass is 9.92. The predicted octanol–water partition coefficient (Wildman–Crippen LogP) is 5.30. The zero-order valence-corrected chi connectivity index (χ0v) is 23.1. The Morgan fingerprint density at radius 3 is 1.07 bits per heavy atom. The lowest BCUT2D eigenvalue weighted by Gasteiger charge is -2.38. The summed E-state index contributed by atoms with van der Waals surface area (Å²) in [5.74, 6) is -6.08. The molecular weight excluding hydrogens is 558 g/mol. The molecule has 0 bridgehead atoms. The Labute approximate surface area is 227 Å². The summed E-state index contributed by atoms with van der Waals surface area (Å²) in [6.07, 6.45) is -12.1. The summed E-state index contributed by atoms with van der Waals surface area (Å²) in [6.45, 7) is 8.00. The average molecular weight is 595 g/mol. The molecule has 2 rings (SSSR count). The Balaban J connectivity index is 0.000000400. The van der Waals surface area contributed by atoms with Gasteiger partial charge in [0, 0.05) is 13.1 Å². The van der Waals surface area contributed by atoms with E-state index in [1.54, 1.807) is 41.5 Å². The van der Waals surface area contributed by atoms with Gasteiger partial charge in [0.2, 0.25) is 0 Å².